The molecule has 2 aromatic heterocycles. The first-order valence-electron chi connectivity index (χ1n) is 16.3. The highest BCUT2D eigenvalue weighted by Gasteiger charge is 2.40. The molecular formula is C36H43F2N5O5Si. The lowest BCUT2D eigenvalue weighted by Gasteiger charge is -2.44. The molecule has 0 bridgehead atoms. The van der Waals surface area contributed by atoms with Gasteiger partial charge >= 0.3 is 6.03 Å². The van der Waals surface area contributed by atoms with Crippen molar-refractivity contribution in [2.24, 2.45) is 5.41 Å². The molecule has 3 heterocycles. The van der Waals surface area contributed by atoms with Crippen molar-refractivity contribution in [3.63, 3.8) is 0 Å². The van der Waals surface area contributed by atoms with Gasteiger partial charge in [-0.1, -0.05) is 39.6 Å². The number of ether oxygens (including phenoxy) is 4. The number of amides is 2. The number of carbonyl (C=O) groups is 1. The lowest BCUT2D eigenvalue weighted by atomic mass is 9.82. The Hall–Kier alpha value is -4.51. The number of hydrogen-bond donors (Lipinski definition) is 2. The Morgan fingerprint density at radius 2 is 1.90 bits per heavy atom. The van der Waals surface area contributed by atoms with Crippen LogP contribution in [0.15, 0.2) is 48.8 Å². The summed E-state index contributed by atoms with van der Waals surface area (Å²) < 4.78 is 56.0. The highest BCUT2D eigenvalue weighted by atomic mass is 28.3. The molecule has 0 unspecified atom stereocenters. The molecule has 2 N–H and O–H groups in total. The lowest BCUT2D eigenvalue weighted by molar-refractivity contribution is -0.163. The highest BCUT2D eigenvalue weighted by Crippen LogP contribution is 2.41. The number of anilines is 1. The summed E-state index contributed by atoms with van der Waals surface area (Å²) in [6, 6.07) is 11.3. The van der Waals surface area contributed by atoms with E-state index < -0.39 is 31.5 Å². The summed E-state index contributed by atoms with van der Waals surface area (Å²) in [7, 11) is -1.33. The predicted molar refractivity (Wildman–Crippen MR) is 187 cm³/mol. The SMILES string of the molecule is CC(C)Oc1ccc(-c2cn(COCC[Si](C)(C)C)c3nccc(Oc4c(F)cc(NC(=O)NC[C@@H]5OCC5(C)C)cc4F)c23)cc1C#N. The molecule has 2 amide bonds. The van der Waals surface area contributed by atoms with Crippen molar-refractivity contribution in [1.29, 1.82) is 5.26 Å². The minimum Gasteiger partial charge on any atom is -0.490 e. The van der Waals surface area contributed by atoms with E-state index in [1.165, 1.54) is 12.3 Å². The van der Waals surface area contributed by atoms with E-state index in [9.17, 15) is 10.1 Å². The number of nitrogens with one attached hydrogen (secondary N) is 2. The zero-order valence-corrected chi connectivity index (χ0v) is 29.9. The second-order valence-electron chi connectivity index (χ2n) is 14.4. The Kier molecular flexibility index (Phi) is 10.6. The number of aromatic nitrogens is 2. The predicted octanol–water partition coefficient (Wildman–Crippen LogP) is 8.29. The number of carbonyl (C=O) groups excluding carboxylic acids is 1. The molecular weight excluding hydrogens is 649 g/mol. The van der Waals surface area contributed by atoms with Crippen LogP contribution in [0.4, 0.5) is 19.3 Å². The van der Waals surface area contributed by atoms with Crippen molar-refractivity contribution < 1.29 is 32.5 Å². The Morgan fingerprint density at radius 1 is 1.16 bits per heavy atom. The fourth-order valence-corrected chi connectivity index (χ4v) is 6.10. The summed E-state index contributed by atoms with van der Waals surface area (Å²) >= 11 is 0. The number of benzene rings is 2. The van der Waals surface area contributed by atoms with E-state index in [-0.39, 0.29) is 42.3 Å². The highest BCUT2D eigenvalue weighted by molar-refractivity contribution is 6.76. The van der Waals surface area contributed by atoms with Crippen molar-refractivity contribution in [3.05, 3.63) is 66.0 Å². The van der Waals surface area contributed by atoms with Crippen molar-refractivity contribution in [3.8, 4) is 34.4 Å². The van der Waals surface area contributed by atoms with Gasteiger partial charge in [0.1, 0.15) is 29.9 Å². The Balaban J connectivity index is 1.46. The molecule has 1 saturated heterocycles. The number of fused-ring (bicyclic) bond motifs is 1. The number of urea groups is 1. The van der Waals surface area contributed by atoms with E-state index in [4.69, 9.17) is 18.9 Å². The molecule has 10 nitrogen and oxygen atoms in total. The Labute approximate surface area is 286 Å². The number of pyridine rings is 1. The third-order valence-corrected chi connectivity index (χ3v) is 9.87. The minimum atomic E-state index is -1.33. The van der Waals surface area contributed by atoms with Gasteiger partial charge in [-0.25, -0.2) is 18.6 Å². The Morgan fingerprint density at radius 3 is 2.51 bits per heavy atom. The van der Waals surface area contributed by atoms with Crippen molar-refractivity contribution in [2.75, 3.05) is 25.1 Å². The molecule has 1 aliphatic heterocycles. The molecule has 1 atom stereocenters. The molecule has 5 rings (SSSR count). The first-order valence-corrected chi connectivity index (χ1v) is 20.0. The normalized spacial score (nSPS) is 15.5. The zero-order valence-electron chi connectivity index (χ0n) is 28.9. The van der Waals surface area contributed by atoms with Crippen LogP contribution in [0.5, 0.6) is 17.2 Å². The summed E-state index contributed by atoms with van der Waals surface area (Å²) in [5.74, 6) is -2.09. The van der Waals surface area contributed by atoms with E-state index in [2.05, 4.69) is 41.3 Å². The van der Waals surface area contributed by atoms with Crippen LogP contribution in [0.2, 0.25) is 25.7 Å². The molecule has 4 aromatic rings. The standard InChI is InChI=1S/C36H43F2N5O5Si/c1-22(2)47-29-9-8-23(14-24(29)17-39)26-19-43(21-45-12-13-49(5,6)7)34-32(26)30(10-11-40-34)48-33-27(37)15-25(16-28(33)38)42-35(44)41-18-31-36(3,4)20-46-31/h8-11,14-16,19,22,31H,12-13,18,20-21H2,1-7H3,(H2,41,42,44)/t31-/m0/s1. The van der Waals surface area contributed by atoms with Gasteiger partial charge in [0.15, 0.2) is 17.4 Å². The zero-order chi connectivity index (χ0) is 35.5. The molecule has 1 aliphatic rings. The van der Waals surface area contributed by atoms with Gasteiger partial charge in [-0.05, 0) is 43.7 Å². The molecule has 1 fully saturated rings. The molecule has 49 heavy (non-hydrogen) atoms. The first kappa shape index (κ1) is 35.8. The van der Waals surface area contributed by atoms with E-state index in [0.717, 1.165) is 18.2 Å². The number of halogens is 2. The van der Waals surface area contributed by atoms with Gasteiger partial charge in [-0.3, -0.25) is 0 Å². The van der Waals surface area contributed by atoms with Gasteiger partial charge in [0.05, 0.1) is 29.8 Å². The van der Waals surface area contributed by atoms with Gasteiger partial charge < -0.3 is 34.1 Å². The van der Waals surface area contributed by atoms with Gasteiger partial charge in [-0.2, -0.15) is 5.26 Å². The van der Waals surface area contributed by atoms with Gasteiger partial charge in [0, 0.05) is 62.4 Å². The number of rotatable bonds is 13. The largest absolute Gasteiger partial charge is 0.490 e. The maximum absolute atomic E-state index is 15.5. The van der Waals surface area contributed by atoms with E-state index in [1.54, 1.807) is 16.7 Å². The molecule has 2 aromatic carbocycles. The quantitative estimate of drug-likeness (QED) is 0.107. The van der Waals surface area contributed by atoms with Crippen LogP contribution >= 0.6 is 0 Å². The average Bonchev–Trinajstić information content (AvgIpc) is 3.39. The average molecular weight is 692 g/mol. The van der Waals surface area contributed by atoms with Gasteiger partial charge in [0.2, 0.25) is 0 Å². The molecule has 0 radical (unpaired) electrons. The summed E-state index contributed by atoms with van der Waals surface area (Å²) in [4.78, 5) is 17.0. The van der Waals surface area contributed by atoms with E-state index in [1.807, 2.05) is 40.0 Å². The van der Waals surface area contributed by atoms with Crippen LogP contribution in [0, 0.1) is 28.4 Å². The second kappa shape index (κ2) is 14.5. The van der Waals surface area contributed by atoms with Crippen LogP contribution in [0.3, 0.4) is 0 Å². The summed E-state index contributed by atoms with van der Waals surface area (Å²) in [6.45, 7) is 16.2. The van der Waals surface area contributed by atoms with Crippen molar-refractivity contribution >= 4 is 30.8 Å². The third-order valence-electron chi connectivity index (χ3n) is 8.16. The van der Waals surface area contributed by atoms with Crippen LogP contribution in [0.1, 0.15) is 33.3 Å². The van der Waals surface area contributed by atoms with Crippen LogP contribution in [0.25, 0.3) is 22.2 Å². The molecule has 13 heteroatoms. The number of nitrogens with zero attached hydrogens (tertiary/aromatic N) is 3. The fourth-order valence-electron chi connectivity index (χ4n) is 5.34. The smallest absolute Gasteiger partial charge is 0.319 e. The Bertz CT molecular complexity index is 1860. The van der Waals surface area contributed by atoms with Gasteiger partial charge in [0.25, 0.3) is 0 Å². The summed E-state index contributed by atoms with van der Waals surface area (Å²) in [5.41, 5.74) is 1.93. The number of hydrogen-bond acceptors (Lipinski definition) is 7. The minimum absolute atomic E-state index is 0.0615. The summed E-state index contributed by atoms with van der Waals surface area (Å²) in [5, 5.41) is 15.5. The third kappa shape index (κ3) is 8.56. The maximum atomic E-state index is 15.5. The second-order valence-corrected chi connectivity index (χ2v) is 20.0. The molecule has 0 aliphatic carbocycles. The molecule has 0 saturated carbocycles. The van der Waals surface area contributed by atoms with E-state index in [0.29, 0.717) is 46.7 Å². The van der Waals surface area contributed by atoms with Crippen molar-refractivity contribution in [2.45, 2.75) is 72.3 Å². The first-order chi connectivity index (χ1) is 23.1. The topological polar surface area (TPSA) is 120 Å². The van der Waals surface area contributed by atoms with Crippen molar-refractivity contribution in [1.82, 2.24) is 14.9 Å². The maximum Gasteiger partial charge on any atom is 0.319 e. The monoisotopic (exact) mass is 691 g/mol. The van der Waals surface area contributed by atoms with Crippen LogP contribution < -0.4 is 20.1 Å². The van der Waals surface area contributed by atoms with Crippen LogP contribution in [-0.4, -0.2) is 55.6 Å². The van der Waals surface area contributed by atoms with Crippen LogP contribution in [-0.2, 0) is 16.2 Å². The molecule has 0 spiro atoms. The van der Waals surface area contributed by atoms with Gasteiger partial charge in [-0.15, -0.1) is 0 Å². The summed E-state index contributed by atoms with van der Waals surface area (Å²) in [6.07, 6.45) is 3.04. The number of nitriles is 1. The fraction of sp³-hybridized carbons (Fsp3) is 0.417. The van der Waals surface area contributed by atoms with E-state index >= 15 is 8.78 Å². The molecule has 260 valence electrons. The lowest BCUT2D eigenvalue weighted by Crippen LogP contribution is -2.53.